The molecule has 5 heteroatoms. The molecule has 1 saturated carbocycles. The summed E-state index contributed by atoms with van der Waals surface area (Å²) in [5.74, 6) is 0.758. The maximum atomic E-state index is 4.38. The van der Waals surface area contributed by atoms with Gasteiger partial charge in [0.1, 0.15) is 0 Å². The summed E-state index contributed by atoms with van der Waals surface area (Å²) in [6, 6.07) is 2.65. The van der Waals surface area contributed by atoms with Gasteiger partial charge in [-0.05, 0) is 25.8 Å². The normalized spacial score (nSPS) is 15.1. The SMILES string of the molecule is Cc1ccn(-c2cnc(CNC3CC3)cn2)n1. The molecule has 0 unspecified atom stereocenters. The maximum absolute atomic E-state index is 4.38. The molecule has 5 nitrogen and oxygen atoms in total. The molecule has 0 bridgehead atoms. The van der Waals surface area contributed by atoms with Crippen molar-refractivity contribution in [2.45, 2.75) is 32.4 Å². The van der Waals surface area contributed by atoms with Gasteiger partial charge in [-0.2, -0.15) is 5.10 Å². The summed E-state index contributed by atoms with van der Waals surface area (Å²) >= 11 is 0. The number of aromatic nitrogens is 4. The predicted molar refractivity (Wildman–Crippen MR) is 63.8 cm³/mol. The summed E-state index contributed by atoms with van der Waals surface area (Å²) in [7, 11) is 0. The highest BCUT2D eigenvalue weighted by atomic mass is 15.3. The summed E-state index contributed by atoms with van der Waals surface area (Å²) in [6.45, 7) is 2.76. The second-order valence-corrected chi connectivity index (χ2v) is 4.42. The first-order valence-corrected chi connectivity index (χ1v) is 5.88. The van der Waals surface area contributed by atoms with Crippen LogP contribution in [0.4, 0.5) is 0 Å². The van der Waals surface area contributed by atoms with Gasteiger partial charge in [0.05, 0.1) is 23.8 Å². The molecule has 1 aliphatic carbocycles. The maximum Gasteiger partial charge on any atom is 0.171 e. The summed E-state index contributed by atoms with van der Waals surface area (Å²) in [4.78, 5) is 8.74. The predicted octanol–water partition coefficient (Wildman–Crippen LogP) is 1.22. The number of rotatable bonds is 4. The Kier molecular flexibility index (Phi) is 2.60. The molecule has 0 aromatic carbocycles. The molecular formula is C12H15N5. The Morgan fingerprint density at radius 1 is 1.35 bits per heavy atom. The zero-order valence-electron chi connectivity index (χ0n) is 9.80. The molecule has 2 heterocycles. The van der Waals surface area contributed by atoms with Crippen molar-refractivity contribution in [3.05, 3.63) is 36.0 Å². The molecule has 3 rings (SSSR count). The van der Waals surface area contributed by atoms with E-state index in [0.29, 0.717) is 6.04 Å². The van der Waals surface area contributed by atoms with E-state index in [2.05, 4.69) is 20.4 Å². The minimum absolute atomic E-state index is 0.699. The van der Waals surface area contributed by atoms with Gasteiger partial charge >= 0.3 is 0 Å². The molecule has 0 radical (unpaired) electrons. The molecule has 17 heavy (non-hydrogen) atoms. The minimum atomic E-state index is 0.699. The minimum Gasteiger partial charge on any atom is -0.308 e. The Bertz CT molecular complexity index is 498. The van der Waals surface area contributed by atoms with Crippen LogP contribution in [-0.2, 0) is 6.54 Å². The summed E-state index contributed by atoms with van der Waals surface area (Å²) in [5, 5.41) is 7.70. The highest BCUT2D eigenvalue weighted by molar-refractivity contribution is 5.18. The van der Waals surface area contributed by atoms with Gasteiger partial charge in [-0.25, -0.2) is 9.67 Å². The number of nitrogens with one attached hydrogen (secondary N) is 1. The fourth-order valence-electron chi connectivity index (χ4n) is 1.64. The van der Waals surface area contributed by atoms with Crippen LogP contribution in [0, 0.1) is 6.92 Å². The third-order valence-electron chi connectivity index (χ3n) is 2.80. The van der Waals surface area contributed by atoms with Crippen molar-refractivity contribution in [2.75, 3.05) is 0 Å². The van der Waals surface area contributed by atoms with Crippen molar-refractivity contribution in [1.82, 2.24) is 25.1 Å². The molecule has 0 spiro atoms. The van der Waals surface area contributed by atoms with Crippen molar-refractivity contribution in [3.63, 3.8) is 0 Å². The average molecular weight is 229 g/mol. The number of hydrogen-bond donors (Lipinski definition) is 1. The van der Waals surface area contributed by atoms with E-state index in [1.165, 1.54) is 12.8 Å². The monoisotopic (exact) mass is 229 g/mol. The van der Waals surface area contributed by atoms with E-state index >= 15 is 0 Å². The molecule has 1 fully saturated rings. The first-order chi connectivity index (χ1) is 8.31. The fourth-order valence-corrected chi connectivity index (χ4v) is 1.64. The van der Waals surface area contributed by atoms with E-state index < -0.39 is 0 Å². The molecule has 2 aromatic rings. The number of hydrogen-bond acceptors (Lipinski definition) is 4. The second-order valence-electron chi connectivity index (χ2n) is 4.42. The molecule has 0 aliphatic heterocycles. The summed E-state index contributed by atoms with van der Waals surface area (Å²) in [6.07, 6.45) is 8.04. The molecule has 1 N–H and O–H groups in total. The first-order valence-electron chi connectivity index (χ1n) is 5.88. The van der Waals surface area contributed by atoms with Crippen molar-refractivity contribution in [2.24, 2.45) is 0 Å². The zero-order valence-corrected chi connectivity index (χ0v) is 9.80. The van der Waals surface area contributed by atoms with Gasteiger partial charge < -0.3 is 5.32 Å². The van der Waals surface area contributed by atoms with E-state index in [0.717, 1.165) is 23.8 Å². The van der Waals surface area contributed by atoms with Crippen LogP contribution in [0.1, 0.15) is 24.2 Å². The van der Waals surface area contributed by atoms with Crippen molar-refractivity contribution in [3.8, 4) is 5.82 Å². The van der Waals surface area contributed by atoms with E-state index in [4.69, 9.17) is 0 Å². The Labute approximate surface area is 99.9 Å². The molecule has 0 amide bonds. The van der Waals surface area contributed by atoms with Crippen LogP contribution in [-0.4, -0.2) is 25.8 Å². The van der Waals surface area contributed by atoms with Crippen LogP contribution in [0.3, 0.4) is 0 Å². The zero-order chi connectivity index (χ0) is 11.7. The lowest BCUT2D eigenvalue weighted by Gasteiger charge is -2.03. The van der Waals surface area contributed by atoms with E-state index in [1.54, 1.807) is 10.9 Å². The molecular weight excluding hydrogens is 214 g/mol. The van der Waals surface area contributed by atoms with Gasteiger partial charge in [-0.15, -0.1) is 0 Å². The van der Waals surface area contributed by atoms with E-state index in [-0.39, 0.29) is 0 Å². The molecule has 1 aliphatic rings. The summed E-state index contributed by atoms with van der Waals surface area (Å²) in [5.41, 5.74) is 1.95. The lowest BCUT2D eigenvalue weighted by atomic mass is 10.4. The molecule has 2 aromatic heterocycles. The molecule has 0 saturated heterocycles. The third-order valence-corrected chi connectivity index (χ3v) is 2.80. The van der Waals surface area contributed by atoms with E-state index in [9.17, 15) is 0 Å². The van der Waals surface area contributed by atoms with Crippen LogP contribution in [0.25, 0.3) is 5.82 Å². The molecule has 0 atom stereocenters. The highest BCUT2D eigenvalue weighted by Crippen LogP contribution is 2.18. The topological polar surface area (TPSA) is 55.6 Å². The number of nitrogens with zero attached hydrogens (tertiary/aromatic N) is 4. The fraction of sp³-hybridized carbons (Fsp3) is 0.417. The van der Waals surface area contributed by atoms with Crippen molar-refractivity contribution in [1.29, 1.82) is 0 Å². The second kappa shape index (κ2) is 4.25. The Morgan fingerprint density at radius 3 is 2.82 bits per heavy atom. The lowest BCUT2D eigenvalue weighted by molar-refractivity contribution is 0.669. The lowest BCUT2D eigenvalue weighted by Crippen LogP contribution is -2.16. The van der Waals surface area contributed by atoms with Gasteiger partial charge in [0, 0.05) is 18.8 Å². The van der Waals surface area contributed by atoms with Crippen molar-refractivity contribution >= 4 is 0 Å². The Morgan fingerprint density at radius 2 is 2.24 bits per heavy atom. The van der Waals surface area contributed by atoms with Gasteiger partial charge in [0.15, 0.2) is 5.82 Å². The Hall–Kier alpha value is -1.75. The van der Waals surface area contributed by atoms with Gasteiger partial charge in [-0.3, -0.25) is 4.98 Å². The van der Waals surface area contributed by atoms with Gasteiger partial charge in [0.25, 0.3) is 0 Å². The van der Waals surface area contributed by atoms with Crippen LogP contribution >= 0.6 is 0 Å². The quantitative estimate of drug-likeness (QED) is 0.856. The van der Waals surface area contributed by atoms with Crippen molar-refractivity contribution < 1.29 is 0 Å². The average Bonchev–Trinajstić information content (AvgIpc) is 3.09. The van der Waals surface area contributed by atoms with Crippen LogP contribution in [0.5, 0.6) is 0 Å². The smallest absolute Gasteiger partial charge is 0.171 e. The van der Waals surface area contributed by atoms with Crippen LogP contribution in [0.15, 0.2) is 24.7 Å². The highest BCUT2D eigenvalue weighted by Gasteiger charge is 2.20. The third kappa shape index (κ3) is 2.50. The van der Waals surface area contributed by atoms with Crippen LogP contribution < -0.4 is 5.32 Å². The number of aryl methyl sites for hydroxylation is 1. The summed E-state index contributed by atoms with van der Waals surface area (Å²) < 4.78 is 1.74. The molecule has 88 valence electrons. The van der Waals surface area contributed by atoms with Gasteiger partial charge in [0.2, 0.25) is 0 Å². The van der Waals surface area contributed by atoms with Gasteiger partial charge in [-0.1, -0.05) is 0 Å². The Balaban J connectivity index is 1.70. The standard InChI is InChI=1S/C12H15N5/c1-9-4-5-17(16-9)12-8-14-11(7-15-12)6-13-10-2-3-10/h4-5,7-8,10,13H,2-3,6H2,1H3. The largest absolute Gasteiger partial charge is 0.308 e. The van der Waals surface area contributed by atoms with E-state index in [1.807, 2.05) is 25.4 Å². The van der Waals surface area contributed by atoms with Crippen LogP contribution in [0.2, 0.25) is 0 Å². The first kappa shape index (κ1) is 10.4.